The van der Waals surface area contributed by atoms with Crippen LogP contribution in [0.2, 0.25) is 0 Å². The van der Waals surface area contributed by atoms with E-state index in [0.717, 1.165) is 54.2 Å². The van der Waals surface area contributed by atoms with Gasteiger partial charge in [0.15, 0.2) is 0 Å². The van der Waals surface area contributed by atoms with Gasteiger partial charge in [0.1, 0.15) is 29.4 Å². The SMILES string of the molecule is CCN(CC)c1ccc2c(c1)Oc1cc(N(CC)CC)ccc1C21c2ccccc2C(=O)N1N=CC=Nc1ccc(OCCOCCO)cc1. The Morgan fingerprint density at radius 1 is 0.760 bits per heavy atom. The molecular weight excluding hydrogens is 630 g/mol. The zero-order valence-electron chi connectivity index (χ0n) is 29.2. The van der Waals surface area contributed by atoms with Gasteiger partial charge >= 0.3 is 0 Å². The fourth-order valence-electron chi connectivity index (χ4n) is 6.88. The number of carbonyl (C=O) groups is 1. The predicted molar refractivity (Wildman–Crippen MR) is 199 cm³/mol. The molecule has 0 radical (unpaired) electrons. The standard InChI is InChI=1S/C40H45N5O5/c1-5-43(6-2)30-15-19-35-37(27-30)50-38-28-31(44(7-3)8-4)16-20-36(38)40(35)34-12-10-9-11-33(34)39(47)45(40)42-22-21-41-29-13-17-32(18-14-29)49-26-25-48-24-23-46/h9-22,27-28,46H,5-8,23-26H2,1-4H3. The lowest BCUT2D eigenvalue weighted by Crippen LogP contribution is -2.44. The Hall–Kier alpha value is -5.19. The number of nitrogens with zero attached hydrogens (tertiary/aromatic N) is 5. The molecule has 0 saturated heterocycles. The number of carbonyl (C=O) groups excluding carboxylic acids is 1. The van der Waals surface area contributed by atoms with E-state index in [1.54, 1.807) is 17.4 Å². The van der Waals surface area contributed by atoms with Gasteiger partial charge in [0.05, 0.1) is 31.7 Å². The van der Waals surface area contributed by atoms with Gasteiger partial charge in [0.2, 0.25) is 0 Å². The quantitative estimate of drug-likeness (QED) is 0.107. The lowest BCUT2D eigenvalue weighted by Gasteiger charge is -2.42. The molecule has 10 nitrogen and oxygen atoms in total. The molecule has 4 aromatic carbocycles. The van der Waals surface area contributed by atoms with E-state index in [-0.39, 0.29) is 19.1 Å². The fraction of sp³-hybridized carbons (Fsp3) is 0.325. The Kier molecular flexibility index (Phi) is 10.8. The molecule has 4 aromatic rings. The van der Waals surface area contributed by atoms with Crippen molar-refractivity contribution in [3.63, 3.8) is 0 Å². The molecule has 1 spiro atoms. The third kappa shape index (κ3) is 6.44. The zero-order valence-corrected chi connectivity index (χ0v) is 29.2. The molecule has 2 aliphatic rings. The Morgan fingerprint density at radius 3 is 1.98 bits per heavy atom. The third-order valence-corrected chi connectivity index (χ3v) is 9.29. The van der Waals surface area contributed by atoms with Crippen molar-refractivity contribution in [2.24, 2.45) is 10.1 Å². The first-order valence-corrected chi connectivity index (χ1v) is 17.4. The first-order valence-electron chi connectivity index (χ1n) is 17.4. The van der Waals surface area contributed by atoms with Crippen molar-refractivity contribution >= 4 is 35.4 Å². The molecule has 0 fully saturated rings. The van der Waals surface area contributed by atoms with Crippen LogP contribution >= 0.6 is 0 Å². The molecule has 1 amide bonds. The molecule has 0 atom stereocenters. The van der Waals surface area contributed by atoms with Crippen LogP contribution in [0.3, 0.4) is 0 Å². The second-order valence-corrected chi connectivity index (χ2v) is 11.9. The second-order valence-electron chi connectivity index (χ2n) is 11.9. The molecule has 1 N–H and O–H groups in total. The highest BCUT2D eigenvalue weighted by molar-refractivity contribution is 6.17. The lowest BCUT2D eigenvalue weighted by atomic mass is 9.75. The van der Waals surface area contributed by atoms with E-state index in [1.807, 2.05) is 48.5 Å². The second kappa shape index (κ2) is 15.6. The number of amides is 1. The van der Waals surface area contributed by atoms with E-state index in [4.69, 9.17) is 24.4 Å². The van der Waals surface area contributed by atoms with E-state index in [0.29, 0.717) is 41.7 Å². The number of hydrogen-bond acceptors (Lipinski definition) is 9. The van der Waals surface area contributed by atoms with Gasteiger partial charge < -0.3 is 29.1 Å². The molecule has 0 bridgehead atoms. The minimum Gasteiger partial charge on any atom is -0.491 e. The summed E-state index contributed by atoms with van der Waals surface area (Å²) in [6, 6.07) is 27.7. The van der Waals surface area contributed by atoms with Crippen molar-refractivity contribution in [1.82, 2.24) is 5.01 Å². The number of rotatable bonds is 15. The normalized spacial score (nSPS) is 14.2. The number of fused-ring (bicyclic) bond motifs is 6. The van der Waals surface area contributed by atoms with Crippen LogP contribution in [-0.4, -0.2) is 81.1 Å². The maximum atomic E-state index is 14.3. The maximum absolute atomic E-state index is 14.3. The van der Waals surface area contributed by atoms with Crippen LogP contribution in [0.25, 0.3) is 0 Å². The maximum Gasteiger partial charge on any atom is 0.275 e. The van der Waals surface area contributed by atoms with E-state index in [9.17, 15) is 4.79 Å². The van der Waals surface area contributed by atoms with Crippen LogP contribution in [0, 0.1) is 0 Å². The molecule has 0 aliphatic carbocycles. The number of hydrazone groups is 1. The molecular formula is C40H45N5O5. The predicted octanol–water partition coefficient (Wildman–Crippen LogP) is 7.01. The highest BCUT2D eigenvalue weighted by atomic mass is 16.5. The van der Waals surface area contributed by atoms with Crippen molar-refractivity contribution in [3.05, 3.63) is 107 Å². The number of aliphatic hydroxyl groups is 1. The summed E-state index contributed by atoms with van der Waals surface area (Å²) in [6.45, 7) is 13.0. The van der Waals surface area contributed by atoms with Crippen LogP contribution < -0.4 is 19.3 Å². The third-order valence-electron chi connectivity index (χ3n) is 9.29. The first kappa shape index (κ1) is 34.7. The number of aliphatic imine (C=N–C) groups is 1. The number of aliphatic hydroxyl groups excluding tert-OH is 1. The summed E-state index contributed by atoms with van der Waals surface area (Å²) in [7, 11) is 0. The number of ether oxygens (including phenoxy) is 3. The average Bonchev–Trinajstić information content (AvgIpc) is 3.39. The van der Waals surface area contributed by atoms with Crippen molar-refractivity contribution in [2.75, 3.05) is 62.4 Å². The van der Waals surface area contributed by atoms with Crippen LogP contribution in [0.4, 0.5) is 17.1 Å². The van der Waals surface area contributed by atoms with Gasteiger partial charge in [-0.2, -0.15) is 5.10 Å². The molecule has 2 aliphatic heterocycles. The molecule has 0 saturated carbocycles. The smallest absolute Gasteiger partial charge is 0.275 e. The fourth-order valence-corrected chi connectivity index (χ4v) is 6.88. The highest BCUT2D eigenvalue weighted by Gasteiger charge is 2.57. The number of hydrogen-bond donors (Lipinski definition) is 1. The average molecular weight is 676 g/mol. The summed E-state index contributed by atoms with van der Waals surface area (Å²) in [4.78, 5) is 23.5. The molecule has 260 valence electrons. The van der Waals surface area contributed by atoms with Gasteiger partial charge in [-0.05, 0) is 70.2 Å². The largest absolute Gasteiger partial charge is 0.491 e. The lowest BCUT2D eigenvalue weighted by molar-refractivity contribution is 0.0675. The topological polar surface area (TPSA) is 99.4 Å². The minimum atomic E-state index is -1.07. The van der Waals surface area contributed by atoms with Gasteiger partial charge in [0, 0.05) is 78.2 Å². The molecule has 0 unspecified atom stereocenters. The van der Waals surface area contributed by atoms with Crippen LogP contribution in [0.15, 0.2) is 95.0 Å². The summed E-state index contributed by atoms with van der Waals surface area (Å²) in [6.07, 6.45) is 3.16. The number of anilines is 2. The Morgan fingerprint density at radius 2 is 1.38 bits per heavy atom. The van der Waals surface area contributed by atoms with E-state index in [2.05, 4.69) is 78.9 Å². The summed E-state index contributed by atoms with van der Waals surface area (Å²) in [5.74, 6) is 1.88. The Labute approximate surface area is 294 Å². The van der Waals surface area contributed by atoms with E-state index in [1.165, 1.54) is 0 Å². The molecule has 10 heteroatoms. The summed E-state index contributed by atoms with van der Waals surface area (Å²) in [5.41, 5.74) is 4.90. The number of benzene rings is 4. The van der Waals surface area contributed by atoms with Crippen LogP contribution in [0.1, 0.15) is 54.7 Å². The molecule has 0 aromatic heterocycles. The minimum absolute atomic E-state index is 0.0135. The van der Waals surface area contributed by atoms with Crippen molar-refractivity contribution < 1.29 is 24.1 Å². The summed E-state index contributed by atoms with van der Waals surface area (Å²) >= 11 is 0. The van der Waals surface area contributed by atoms with Crippen molar-refractivity contribution in [3.8, 4) is 17.2 Å². The van der Waals surface area contributed by atoms with Gasteiger partial charge in [0.25, 0.3) is 5.91 Å². The first-order chi connectivity index (χ1) is 24.5. The van der Waals surface area contributed by atoms with Gasteiger partial charge in [-0.25, -0.2) is 5.01 Å². The monoisotopic (exact) mass is 675 g/mol. The van der Waals surface area contributed by atoms with Crippen LogP contribution in [0.5, 0.6) is 17.2 Å². The summed E-state index contributed by atoms with van der Waals surface area (Å²) < 4.78 is 17.7. The molecule has 6 rings (SSSR count). The van der Waals surface area contributed by atoms with Crippen molar-refractivity contribution in [1.29, 1.82) is 0 Å². The van der Waals surface area contributed by atoms with E-state index < -0.39 is 5.54 Å². The van der Waals surface area contributed by atoms with Gasteiger partial charge in [-0.15, -0.1) is 0 Å². The Bertz CT molecular complexity index is 1790. The zero-order chi connectivity index (χ0) is 35.1. The molecule has 2 heterocycles. The van der Waals surface area contributed by atoms with Crippen molar-refractivity contribution in [2.45, 2.75) is 33.2 Å². The molecule has 50 heavy (non-hydrogen) atoms. The Balaban J connectivity index is 1.40. The van der Waals surface area contributed by atoms with Crippen LogP contribution in [-0.2, 0) is 10.3 Å². The highest BCUT2D eigenvalue weighted by Crippen LogP contribution is 2.58. The summed E-state index contributed by atoms with van der Waals surface area (Å²) in [5, 5.41) is 15.3. The van der Waals surface area contributed by atoms with Gasteiger partial charge in [-0.3, -0.25) is 9.79 Å². The van der Waals surface area contributed by atoms with E-state index >= 15 is 0 Å². The van der Waals surface area contributed by atoms with Gasteiger partial charge in [-0.1, -0.05) is 30.3 Å².